The van der Waals surface area contributed by atoms with Gasteiger partial charge in [0.15, 0.2) is 5.76 Å². The molecule has 186 valence electrons. The van der Waals surface area contributed by atoms with Crippen LogP contribution in [0.3, 0.4) is 0 Å². The zero-order valence-electron chi connectivity index (χ0n) is 20.6. The molecular weight excluding hydrogens is 445 g/mol. The zero-order chi connectivity index (χ0) is 24.8. The predicted octanol–water partition coefficient (Wildman–Crippen LogP) is 6.32. The number of hydrogen-bond acceptors (Lipinski definition) is 5. The minimum Gasteiger partial charge on any atom is -0.497 e. The Morgan fingerprint density at radius 3 is 2.46 bits per heavy atom. The van der Waals surface area contributed by atoms with Gasteiger partial charge in [0.1, 0.15) is 11.6 Å². The van der Waals surface area contributed by atoms with Crippen LogP contribution in [-0.2, 0) is 4.74 Å². The zero-order valence-corrected chi connectivity index (χ0v) is 20.6. The lowest BCUT2D eigenvalue weighted by Gasteiger charge is -2.39. The van der Waals surface area contributed by atoms with Gasteiger partial charge in [-0.15, -0.1) is 0 Å². The molecular formula is C29H34FNO4. The fourth-order valence-corrected chi connectivity index (χ4v) is 5.11. The van der Waals surface area contributed by atoms with Gasteiger partial charge in [-0.3, -0.25) is 4.79 Å². The third kappa shape index (κ3) is 6.38. The van der Waals surface area contributed by atoms with Gasteiger partial charge in [-0.1, -0.05) is 24.3 Å². The number of methoxy groups -OCH3 is 1. The maximum absolute atomic E-state index is 13.7. The Hall–Kier alpha value is -2.96. The third-order valence-corrected chi connectivity index (χ3v) is 6.88. The van der Waals surface area contributed by atoms with E-state index in [0.717, 1.165) is 36.1 Å². The molecule has 5 nitrogen and oxygen atoms in total. The molecule has 0 amide bonds. The summed E-state index contributed by atoms with van der Waals surface area (Å²) in [5, 5.41) is 3.48. The van der Waals surface area contributed by atoms with Crippen LogP contribution in [0.2, 0.25) is 0 Å². The molecule has 3 atom stereocenters. The highest BCUT2D eigenvalue weighted by molar-refractivity contribution is 5.98. The van der Waals surface area contributed by atoms with Crippen LogP contribution < -0.4 is 10.1 Å². The number of ether oxygens (including phenoxy) is 2. The van der Waals surface area contributed by atoms with Crippen molar-refractivity contribution in [1.29, 1.82) is 0 Å². The van der Waals surface area contributed by atoms with Crippen LogP contribution in [0.5, 0.6) is 5.75 Å². The molecule has 1 N–H and O–H groups in total. The first-order chi connectivity index (χ1) is 16.9. The quantitative estimate of drug-likeness (QED) is 0.345. The second-order valence-corrected chi connectivity index (χ2v) is 9.81. The van der Waals surface area contributed by atoms with E-state index in [9.17, 15) is 9.18 Å². The van der Waals surface area contributed by atoms with Crippen molar-refractivity contribution >= 4 is 5.78 Å². The van der Waals surface area contributed by atoms with Crippen LogP contribution >= 0.6 is 0 Å². The average Bonchev–Trinajstić information content (AvgIpc) is 3.39. The minimum absolute atomic E-state index is 0.120. The number of rotatable bonds is 10. The van der Waals surface area contributed by atoms with Crippen LogP contribution in [0.15, 0.2) is 71.3 Å². The highest BCUT2D eigenvalue weighted by Gasteiger charge is 2.34. The van der Waals surface area contributed by atoms with E-state index in [2.05, 4.69) is 19.2 Å². The maximum Gasteiger partial charge on any atom is 0.219 e. The largest absolute Gasteiger partial charge is 0.497 e. The summed E-state index contributed by atoms with van der Waals surface area (Å²) in [5.74, 6) is 1.33. The Bertz CT molecular complexity index is 1080. The number of halogens is 1. The number of ketones is 1. The van der Waals surface area contributed by atoms with Crippen molar-refractivity contribution in [3.63, 3.8) is 0 Å². The van der Waals surface area contributed by atoms with Gasteiger partial charge in [-0.25, -0.2) is 4.39 Å². The molecule has 1 fully saturated rings. The summed E-state index contributed by atoms with van der Waals surface area (Å²) in [7, 11) is 1.62. The molecule has 4 rings (SSSR count). The number of carbonyl (C=O) groups is 1. The topological polar surface area (TPSA) is 60.7 Å². The summed E-state index contributed by atoms with van der Waals surface area (Å²) in [6, 6.07) is 17.2. The van der Waals surface area contributed by atoms with Crippen molar-refractivity contribution in [1.82, 2.24) is 5.32 Å². The fourth-order valence-electron chi connectivity index (χ4n) is 5.11. The molecule has 1 aliphatic heterocycles. The Labute approximate surface area is 206 Å². The summed E-state index contributed by atoms with van der Waals surface area (Å²) in [6.07, 6.45) is 4.21. The number of hydrogen-bond donors (Lipinski definition) is 1. The molecule has 6 heteroatoms. The number of nitrogens with one attached hydrogen (secondary N) is 1. The number of Topliss-reactive ketones (excluding diaryl/α,β-unsaturated/α-hetero) is 1. The molecule has 0 spiro atoms. The van der Waals surface area contributed by atoms with E-state index in [1.165, 1.54) is 18.4 Å². The van der Waals surface area contributed by atoms with Crippen molar-refractivity contribution in [3.05, 3.63) is 89.6 Å². The van der Waals surface area contributed by atoms with E-state index in [-0.39, 0.29) is 23.1 Å². The van der Waals surface area contributed by atoms with Gasteiger partial charge in [-0.05, 0) is 99.0 Å². The first-order valence-corrected chi connectivity index (χ1v) is 12.2. The summed E-state index contributed by atoms with van der Waals surface area (Å²) >= 11 is 0. The Morgan fingerprint density at radius 2 is 1.83 bits per heavy atom. The normalized spacial score (nSPS) is 19.1. The van der Waals surface area contributed by atoms with Crippen molar-refractivity contribution in [2.45, 2.75) is 50.7 Å². The van der Waals surface area contributed by atoms with Gasteiger partial charge in [0, 0.05) is 6.61 Å². The lowest BCUT2D eigenvalue weighted by molar-refractivity contribution is -0.0772. The van der Waals surface area contributed by atoms with Crippen LogP contribution in [0, 0.1) is 11.7 Å². The molecule has 1 aromatic heterocycles. The van der Waals surface area contributed by atoms with Crippen LogP contribution in [-0.4, -0.2) is 31.6 Å². The maximum atomic E-state index is 13.7. The molecule has 0 unspecified atom stereocenters. The van der Waals surface area contributed by atoms with Crippen molar-refractivity contribution in [2.75, 3.05) is 20.3 Å². The van der Waals surface area contributed by atoms with E-state index < -0.39 is 6.04 Å². The Morgan fingerprint density at radius 1 is 1.11 bits per heavy atom. The molecule has 0 saturated carbocycles. The van der Waals surface area contributed by atoms with Gasteiger partial charge < -0.3 is 19.2 Å². The minimum atomic E-state index is -0.549. The van der Waals surface area contributed by atoms with Gasteiger partial charge in [0.2, 0.25) is 5.78 Å². The van der Waals surface area contributed by atoms with Gasteiger partial charge in [0.05, 0.1) is 25.0 Å². The summed E-state index contributed by atoms with van der Waals surface area (Å²) < 4.78 is 30.3. The molecule has 0 aliphatic carbocycles. The average molecular weight is 480 g/mol. The number of benzene rings is 2. The van der Waals surface area contributed by atoms with Crippen molar-refractivity contribution in [3.8, 4) is 5.75 Å². The highest BCUT2D eigenvalue weighted by Crippen LogP contribution is 2.40. The Kier molecular flexibility index (Phi) is 8.04. The summed E-state index contributed by atoms with van der Waals surface area (Å²) in [6.45, 7) is 5.58. The number of furan rings is 1. The van der Waals surface area contributed by atoms with E-state index in [0.29, 0.717) is 24.8 Å². The molecule has 35 heavy (non-hydrogen) atoms. The standard InChI is InChI=1S/C29H34FNO4/c1-29(2)19-22(15-18-35-29)25(20-6-10-23(30)11-7-20)14-16-31-27(28(32)26-5-4-17-34-26)21-8-12-24(33-3)13-9-21/h4-13,17,22,25,27,31H,14-16,18-19H2,1-3H3/t22-,25+,27-/m0/s1. The fraction of sp³-hybridized carbons (Fsp3) is 0.414. The summed E-state index contributed by atoms with van der Waals surface area (Å²) in [4.78, 5) is 13.3. The van der Waals surface area contributed by atoms with Crippen LogP contribution in [0.1, 0.15) is 66.8 Å². The SMILES string of the molecule is COc1ccc([C@H](NCC[C@H](c2ccc(F)cc2)[C@H]2CCOC(C)(C)C2)C(=O)c2ccco2)cc1. The molecule has 0 radical (unpaired) electrons. The first kappa shape index (κ1) is 25.1. The molecule has 3 aromatic rings. The van der Waals surface area contributed by atoms with Crippen LogP contribution in [0.4, 0.5) is 4.39 Å². The van der Waals surface area contributed by atoms with E-state index in [1.54, 1.807) is 19.2 Å². The first-order valence-electron chi connectivity index (χ1n) is 12.2. The van der Waals surface area contributed by atoms with Crippen molar-refractivity contribution < 1.29 is 23.1 Å². The van der Waals surface area contributed by atoms with E-state index >= 15 is 0 Å². The molecule has 0 bridgehead atoms. The lowest BCUT2D eigenvalue weighted by Crippen LogP contribution is -2.37. The lowest BCUT2D eigenvalue weighted by atomic mass is 9.75. The third-order valence-electron chi connectivity index (χ3n) is 6.88. The molecule has 1 saturated heterocycles. The monoisotopic (exact) mass is 479 g/mol. The van der Waals surface area contributed by atoms with Gasteiger partial charge >= 0.3 is 0 Å². The highest BCUT2D eigenvalue weighted by atomic mass is 19.1. The molecule has 2 heterocycles. The summed E-state index contributed by atoms with van der Waals surface area (Å²) in [5.41, 5.74) is 1.78. The number of carbonyl (C=O) groups excluding carboxylic acids is 1. The second-order valence-electron chi connectivity index (χ2n) is 9.81. The van der Waals surface area contributed by atoms with Crippen LogP contribution in [0.25, 0.3) is 0 Å². The van der Waals surface area contributed by atoms with E-state index in [4.69, 9.17) is 13.9 Å². The predicted molar refractivity (Wildman–Crippen MR) is 133 cm³/mol. The van der Waals surface area contributed by atoms with Crippen molar-refractivity contribution in [2.24, 2.45) is 5.92 Å². The molecule has 2 aromatic carbocycles. The van der Waals surface area contributed by atoms with Gasteiger partial charge in [0.25, 0.3) is 0 Å². The van der Waals surface area contributed by atoms with Gasteiger partial charge in [-0.2, -0.15) is 0 Å². The smallest absolute Gasteiger partial charge is 0.219 e. The van der Waals surface area contributed by atoms with E-state index in [1.807, 2.05) is 36.4 Å². The second kappa shape index (κ2) is 11.2. The Balaban J connectivity index is 1.53. The molecule has 1 aliphatic rings.